The molecule has 1 atom stereocenters. The third-order valence-corrected chi connectivity index (χ3v) is 7.84. The van der Waals surface area contributed by atoms with Crippen LogP contribution >= 0.6 is 11.8 Å². The first-order valence-electron chi connectivity index (χ1n) is 12.4. The quantitative estimate of drug-likeness (QED) is 0.480. The second kappa shape index (κ2) is 10.3. The van der Waals surface area contributed by atoms with Gasteiger partial charge in [0.1, 0.15) is 6.61 Å². The van der Waals surface area contributed by atoms with Crippen molar-refractivity contribution in [3.63, 3.8) is 0 Å². The number of rotatable bonds is 6. The zero-order valence-electron chi connectivity index (χ0n) is 21.0. The minimum Gasteiger partial charge on any atom is -0.457 e. The number of hydrogen-bond donors (Lipinski definition) is 0. The van der Waals surface area contributed by atoms with Gasteiger partial charge in [0.15, 0.2) is 5.17 Å². The van der Waals surface area contributed by atoms with Crippen molar-refractivity contribution >= 4 is 28.8 Å². The van der Waals surface area contributed by atoms with E-state index in [4.69, 9.17) is 9.73 Å². The Balaban J connectivity index is 1.50. The number of ether oxygens (including phenoxy) is 1. The van der Waals surface area contributed by atoms with E-state index in [1.807, 2.05) is 47.6 Å². The summed E-state index contributed by atoms with van der Waals surface area (Å²) in [5.41, 5.74) is 6.19. The van der Waals surface area contributed by atoms with Gasteiger partial charge in [-0.2, -0.15) is 0 Å². The van der Waals surface area contributed by atoms with E-state index in [0.29, 0.717) is 17.7 Å². The molecule has 0 radical (unpaired) electrons. The third-order valence-electron chi connectivity index (χ3n) is 6.95. The SMILES string of the molecule is CC1=C(C(=O)OCc2ccccc2)[C@H](c2cc(C)ccc2C)N2C(CC(=O)N3CCCC3)=CSC2=N1. The highest BCUT2D eigenvalue weighted by molar-refractivity contribution is 8.16. The summed E-state index contributed by atoms with van der Waals surface area (Å²) in [5, 5.41) is 2.80. The van der Waals surface area contributed by atoms with Gasteiger partial charge in [0.2, 0.25) is 5.91 Å². The van der Waals surface area contributed by atoms with Gasteiger partial charge >= 0.3 is 5.97 Å². The van der Waals surface area contributed by atoms with Crippen LogP contribution in [0.5, 0.6) is 0 Å². The number of carbonyl (C=O) groups is 2. The molecule has 3 aliphatic rings. The molecule has 0 bridgehead atoms. The Bertz CT molecular complexity index is 1280. The van der Waals surface area contributed by atoms with Crippen molar-refractivity contribution in [2.45, 2.75) is 52.7 Å². The zero-order chi connectivity index (χ0) is 25.2. The van der Waals surface area contributed by atoms with Crippen LogP contribution in [-0.2, 0) is 20.9 Å². The first kappa shape index (κ1) is 24.4. The van der Waals surface area contributed by atoms with Crippen molar-refractivity contribution < 1.29 is 14.3 Å². The second-order valence-electron chi connectivity index (χ2n) is 9.58. The van der Waals surface area contributed by atoms with Gasteiger partial charge in [-0.05, 0) is 55.7 Å². The Kier molecular flexibility index (Phi) is 7.01. The maximum atomic E-state index is 13.6. The molecule has 2 aromatic rings. The molecule has 0 spiro atoms. The lowest BCUT2D eigenvalue weighted by Gasteiger charge is -2.37. The van der Waals surface area contributed by atoms with E-state index < -0.39 is 6.04 Å². The summed E-state index contributed by atoms with van der Waals surface area (Å²) in [6.07, 6.45) is 2.40. The highest BCUT2D eigenvalue weighted by Crippen LogP contribution is 2.46. The number of carbonyl (C=O) groups excluding carboxylic acids is 2. The molecule has 0 aromatic heterocycles. The van der Waals surface area contributed by atoms with Crippen LogP contribution < -0.4 is 0 Å². The van der Waals surface area contributed by atoms with E-state index in [2.05, 4.69) is 36.9 Å². The van der Waals surface area contributed by atoms with Gasteiger partial charge in [-0.15, -0.1) is 0 Å². The predicted molar refractivity (Wildman–Crippen MR) is 143 cm³/mol. The van der Waals surface area contributed by atoms with E-state index in [9.17, 15) is 9.59 Å². The fourth-order valence-electron chi connectivity index (χ4n) is 5.01. The molecule has 1 amide bonds. The van der Waals surface area contributed by atoms with E-state index in [1.165, 1.54) is 11.8 Å². The summed E-state index contributed by atoms with van der Waals surface area (Å²) in [7, 11) is 0. The summed E-state index contributed by atoms with van der Waals surface area (Å²) in [6, 6.07) is 15.6. The summed E-state index contributed by atoms with van der Waals surface area (Å²) in [6.45, 7) is 7.81. The Morgan fingerprint density at radius 1 is 1.06 bits per heavy atom. The van der Waals surface area contributed by atoms with Crippen LogP contribution in [-0.4, -0.2) is 39.9 Å². The number of aryl methyl sites for hydroxylation is 2. The van der Waals surface area contributed by atoms with Gasteiger partial charge in [-0.1, -0.05) is 65.9 Å². The number of fused-ring (bicyclic) bond motifs is 1. The molecule has 36 heavy (non-hydrogen) atoms. The lowest BCUT2D eigenvalue weighted by Crippen LogP contribution is -2.38. The number of thioether (sulfide) groups is 1. The Morgan fingerprint density at radius 3 is 2.56 bits per heavy atom. The molecule has 3 aliphatic heterocycles. The molecule has 5 rings (SSSR count). The van der Waals surface area contributed by atoms with Crippen LogP contribution in [0, 0.1) is 13.8 Å². The van der Waals surface area contributed by atoms with Crippen LogP contribution in [0.15, 0.2) is 75.9 Å². The predicted octanol–water partition coefficient (Wildman–Crippen LogP) is 5.63. The van der Waals surface area contributed by atoms with E-state index in [1.54, 1.807) is 0 Å². The number of hydrogen-bond acceptors (Lipinski definition) is 6. The summed E-state index contributed by atoms with van der Waals surface area (Å²) >= 11 is 1.51. The highest BCUT2D eigenvalue weighted by atomic mass is 32.2. The third kappa shape index (κ3) is 4.85. The first-order valence-corrected chi connectivity index (χ1v) is 13.3. The van der Waals surface area contributed by atoms with Crippen LogP contribution in [0.2, 0.25) is 0 Å². The van der Waals surface area contributed by atoms with Crippen molar-refractivity contribution in [1.29, 1.82) is 0 Å². The highest BCUT2D eigenvalue weighted by Gasteiger charge is 2.42. The molecule has 3 heterocycles. The van der Waals surface area contributed by atoms with E-state index in [-0.39, 0.29) is 18.5 Å². The molecule has 0 aliphatic carbocycles. The number of benzene rings is 2. The number of aliphatic imine (C=N–C) groups is 1. The van der Waals surface area contributed by atoms with Crippen LogP contribution in [0.1, 0.15) is 54.5 Å². The average molecular weight is 502 g/mol. The first-order chi connectivity index (χ1) is 17.4. The van der Waals surface area contributed by atoms with E-state index >= 15 is 0 Å². The zero-order valence-corrected chi connectivity index (χ0v) is 21.8. The number of esters is 1. The average Bonchev–Trinajstić information content (AvgIpc) is 3.55. The van der Waals surface area contributed by atoms with E-state index in [0.717, 1.165) is 59.0 Å². The molecule has 2 aromatic carbocycles. The molecule has 1 saturated heterocycles. The van der Waals surface area contributed by atoms with Crippen molar-refractivity contribution in [3.05, 3.63) is 93.2 Å². The number of allylic oxidation sites excluding steroid dienone is 1. The summed E-state index contributed by atoms with van der Waals surface area (Å²) in [4.78, 5) is 35.5. The second-order valence-corrected chi connectivity index (χ2v) is 10.4. The van der Waals surface area contributed by atoms with Gasteiger partial charge in [0.25, 0.3) is 0 Å². The van der Waals surface area contributed by atoms with Crippen molar-refractivity contribution in [2.24, 2.45) is 4.99 Å². The Labute approximate surface area is 216 Å². The number of nitrogens with zero attached hydrogens (tertiary/aromatic N) is 3. The largest absolute Gasteiger partial charge is 0.457 e. The monoisotopic (exact) mass is 501 g/mol. The molecular weight excluding hydrogens is 470 g/mol. The topological polar surface area (TPSA) is 62.2 Å². The van der Waals surface area contributed by atoms with Crippen molar-refractivity contribution in [2.75, 3.05) is 13.1 Å². The van der Waals surface area contributed by atoms with Crippen LogP contribution in [0.4, 0.5) is 0 Å². The lowest BCUT2D eigenvalue weighted by molar-refractivity contribution is -0.141. The number of amides is 1. The van der Waals surface area contributed by atoms with Gasteiger partial charge < -0.3 is 14.5 Å². The van der Waals surface area contributed by atoms with Gasteiger partial charge in [0.05, 0.1) is 23.7 Å². The fraction of sp³-hybridized carbons (Fsp3) is 0.345. The van der Waals surface area contributed by atoms with Gasteiger partial charge in [-0.3, -0.25) is 4.79 Å². The molecule has 1 fully saturated rings. The smallest absolute Gasteiger partial charge is 0.338 e. The molecule has 0 saturated carbocycles. The molecule has 0 N–H and O–H groups in total. The van der Waals surface area contributed by atoms with Crippen molar-refractivity contribution in [3.8, 4) is 0 Å². The Hall–Kier alpha value is -3.32. The Morgan fingerprint density at radius 2 is 1.81 bits per heavy atom. The van der Waals surface area contributed by atoms with Gasteiger partial charge in [0, 0.05) is 18.8 Å². The molecule has 186 valence electrons. The normalized spacial score (nSPS) is 19.2. The number of amidine groups is 1. The molecule has 6 nitrogen and oxygen atoms in total. The minimum atomic E-state index is -0.409. The standard InChI is InChI=1S/C29H31N3O3S/c1-19-11-12-20(2)24(15-19)27-26(28(34)35-17-22-9-5-4-6-10-22)21(3)30-29-32(27)23(18-36-29)16-25(33)31-13-7-8-14-31/h4-6,9-12,15,18,27H,7-8,13-14,16-17H2,1-3H3/t27-/m0/s1. The van der Waals surface area contributed by atoms with Crippen LogP contribution in [0.25, 0.3) is 0 Å². The molecular formula is C29H31N3O3S. The maximum Gasteiger partial charge on any atom is 0.338 e. The van der Waals surface area contributed by atoms with Gasteiger partial charge in [-0.25, -0.2) is 9.79 Å². The fourth-order valence-corrected chi connectivity index (χ4v) is 5.98. The lowest BCUT2D eigenvalue weighted by atomic mass is 9.90. The summed E-state index contributed by atoms with van der Waals surface area (Å²) < 4.78 is 5.81. The van der Waals surface area contributed by atoms with Crippen molar-refractivity contribution in [1.82, 2.24) is 9.80 Å². The molecule has 0 unspecified atom stereocenters. The summed E-state index contributed by atoms with van der Waals surface area (Å²) in [5.74, 6) is -0.257. The minimum absolute atomic E-state index is 0.125. The maximum absolute atomic E-state index is 13.6. The molecule has 7 heteroatoms. The van der Waals surface area contributed by atoms with Crippen LogP contribution in [0.3, 0.4) is 0 Å². The number of likely N-dealkylation sites (tertiary alicyclic amines) is 1.